The van der Waals surface area contributed by atoms with Crippen LogP contribution >= 0.6 is 0 Å². The van der Waals surface area contributed by atoms with Gasteiger partial charge in [0.25, 0.3) is 0 Å². The first-order valence-corrected chi connectivity index (χ1v) is 8.63. The Labute approximate surface area is 122 Å². The zero-order chi connectivity index (χ0) is 14.8. The summed E-state index contributed by atoms with van der Waals surface area (Å²) in [6.45, 7) is 7.71. The van der Waals surface area contributed by atoms with E-state index in [-0.39, 0.29) is 5.41 Å². The number of benzene rings is 1. The summed E-state index contributed by atoms with van der Waals surface area (Å²) < 4.78 is 27.6. The summed E-state index contributed by atoms with van der Waals surface area (Å²) in [5.74, 6) is 0. The number of nitrogens with one attached hydrogen (secondary N) is 2. The van der Waals surface area contributed by atoms with Crippen LogP contribution in [0.4, 0.5) is 5.69 Å². The van der Waals surface area contributed by atoms with Gasteiger partial charge in [-0.05, 0) is 42.4 Å². The predicted octanol–water partition coefficient (Wildman–Crippen LogP) is 2.76. The van der Waals surface area contributed by atoms with Gasteiger partial charge < -0.3 is 5.32 Å². The molecule has 112 valence electrons. The van der Waals surface area contributed by atoms with Crippen LogP contribution in [-0.2, 0) is 16.4 Å². The van der Waals surface area contributed by atoms with Crippen molar-refractivity contribution in [1.29, 1.82) is 0 Å². The molecule has 0 unspecified atom stereocenters. The Morgan fingerprint density at radius 3 is 2.75 bits per heavy atom. The van der Waals surface area contributed by atoms with E-state index in [2.05, 4.69) is 30.8 Å². The maximum atomic E-state index is 12.5. The van der Waals surface area contributed by atoms with Gasteiger partial charge in [-0.25, -0.2) is 13.1 Å². The van der Waals surface area contributed by atoms with Crippen molar-refractivity contribution in [1.82, 2.24) is 4.72 Å². The van der Waals surface area contributed by atoms with Gasteiger partial charge in [-0.15, -0.1) is 0 Å². The highest BCUT2D eigenvalue weighted by Gasteiger charge is 2.22. The van der Waals surface area contributed by atoms with Crippen LogP contribution < -0.4 is 10.0 Å². The van der Waals surface area contributed by atoms with Gasteiger partial charge >= 0.3 is 0 Å². The molecule has 0 bridgehead atoms. The number of hydrogen-bond donors (Lipinski definition) is 2. The monoisotopic (exact) mass is 296 g/mol. The molecule has 0 fully saturated rings. The van der Waals surface area contributed by atoms with Crippen LogP contribution in [0.3, 0.4) is 0 Å². The second kappa shape index (κ2) is 5.74. The molecule has 1 aliphatic heterocycles. The van der Waals surface area contributed by atoms with Crippen LogP contribution in [0.2, 0.25) is 0 Å². The molecule has 1 aromatic carbocycles. The Balaban J connectivity index is 2.18. The zero-order valence-corrected chi connectivity index (χ0v) is 13.3. The molecule has 0 radical (unpaired) electrons. The molecule has 0 atom stereocenters. The number of rotatable bonds is 4. The SMILES string of the molecule is CC(C)(C)CCNS(=O)(=O)c1cccc2c1CCCN2. The van der Waals surface area contributed by atoms with E-state index >= 15 is 0 Å². The van der Waals surface area contributed by atoms with E-state index in [9.17, 15) is 8.42 Å². The topological polar surface area (TPSA) is 58.2 Å². The highest BCUT2D eigenvalue weighted by atomic mass is 32.2. The summed E-state index contributed by atoms with van der Waals surface area (Å²) in [4.78, 5) is 0.427. The second-order valence-corrected chi connectivity index (χ2v) is 8.26. The molecule has 1 aliphatic rings. The number of anilines is 1. The molecule has 5 heteroatoms. The molecule has 4 nitrogen and oxygen atoms in total. The molecule has 0 amide bonds. The standard InChI is InChI=1S/C15H24N2O2S/c1-15(2,3)9-11-17-20(18,19)14-8-4-7-13-12(14)6-5-10-16-13/h4,7-8,16-17H,5-6,9-11H2,1-3H3. The van der Waals surface area contributed by atoms with Gasteiger partial charge in [0.1, 0.15) is 0 Å². The van der Waals surface area contributed by atoms with Crippen molar-refractivity contribution in [3.8, 4) is 0 Å². The average molecular weight is 296 g/mol. The number of sulfonamides is 1. The summed E-state index contributed by atoms with van der Waals surface area (Å²) in [7, 11) is -3.41. The van der Waals surface area contributed by atoms with Gasteiger partial charge in [0.05, 0.1) is 4.90 Å². The zero-order valence-electron chi connectivity index (χ0n) is 12.5. The third kappa shape index (κ3) is 3.73. The van der Waals surface area contributed by atoms with Crippen molar-refractivity contribution >= 4 is 15.7 Å². The van der Waals surface area contributed by atoms with E-state index in [1.807, 2.05) is 6.07 Å². The smallest absolute Gasteiger partial charge is 0.240 e. The van der Waals surface area contributed by atoms with Crippen molar-refractivity contribution in [3.05, 3.63) is 23.8 Å². The van der Waals surface area contributed by atoms with Crippen LogP contribution in [0.5, 0.6) is 0 Å². The lowest BCUT2D eigenvalue weighted by Crippen LogP contribution is -2.29. The molecule has 20 heavy (non-hydrogen) atoms. The first-order chi connectivity index (χ1) is 9.30. The largest absolute Gasteiger partial charge is 0.385 e. The van der Waals surface area contributed by atoms with E-state index in [1.165, 1.54) is 0 Å². The lowest BCUT2D eigenvalue weighted by Gasteiger charge is -2.22. The van der Waals surface area contributed by atoms with E-state index in [0.29, 0.717) is 11.4 Å². The highest BCUT2D eigenvalue weighted by Crippen LogP contribution is 2.28. The average Bonchev–Trinajstić information content (AvgIpc) is 2.36. The number of hydrogen-bond acceptors (Lipinski definition) is 3. The van der Waals surface area contributed by atoms with Crippen LogP contribution in [0.1, 0.15) is 39.2 Å². The summed E-state index contributed by atoms with van der Waals surface area (Å²) in [5, 5.41) is 3.26. The van der Waals surface area contributed by atoms with Crippen molar-refractivity contribution in [2.45, 2.75) is 44.9 Å². The lowest BCUT2D eigenvalue weighted by molar-refractivity contribution is 0.378. The Morgan fingerprint density at radius 2 is 2.05 bits per heavy atom. The minimum atomic E-state index is -3.41. The minimum Gasteiger partial charge on any atom is -0.385 e. The molecule has 0 aliphatic carbocycles. The van der Waals surface area contributed by atoms with E-state index in [1.54, 1.807) is 12.1 Å². The molecule has 0 saturated heterocycles. The van der Waals surface area contributed by atoms with E-state index in [0.717, 1.165) is 37.1 Å². The fourth-order valence-corrected chi connectivity index (χ4v) is 3.69. The molecule has 0 spiro atoms. The van der Waals surface area contributed by atoms with Gasteiger partial charge in [0, 0.05) is 18.8 Å². The molecule has 0 saturated carbocycles. The van der Waals surface area contributed by atoms with Crippen LogP contribution in [0.15, 0.2) is 23.1 Å². The van der Waals surface area contributed by atoms with Crippen molar-refractivity contribution in [2.75, 3.05) is 18.4 Å². The van der Waals surface area contributed by atoms with Crippen molar-refractivity contribution in [2.24, 2.45) is 5.41 Å². The first kappa shape index (κ1) is 15.3. The Kier molecular flexibility index (Phi) is 4.39. The quantitative estimate of drug-likeness (QED) is 0.898. The third-order valence-electron chi connectivity index (χ3n) is 3.51. The van der Waals surface area contributed by atoms with E-state index in [4.69, 9.17) is 0 Å². The highest BCUT2D eigenvalue weighted by molar-refractivity contribution is 7.89. The maximum absolute atomic E-state index is 12.5. The van der Waals surface area contributed by atoms with Crippen LogP contribution in [0.25, 0.3) is 0 Å². The fourth-order valence-electron chi connectivity index (χ4n) is 2.37. The molecule has 2 N–H and O–H groups in total. The Morgan fingerprint density at radius 1 is 1.30 bits per heavy atom. The van der Waals surface area contributed by atoms with Gasteiger partial charge in [-0.1, -0.05) is 26.8 Å². The summed E-state index contributed by atoms with van der Waals surface area (Å²) in [6, 6.07) is 5.45. The Bertz CT molecular complexity index is 574. The third-order valence-corrected chi connectivity index (χ3v) is 5.05. The van der Waals surface area contributed by atoms with Gasteiger partial charge in [-0.3, -0.25) is 0 Å². The van der Waals surface area contributed by atoms with Crippen molar-refractivity contribution < 1.29 is 8.42 Å². The van der Waals surface area contributed by atoms with Gasteiger partial charge in [0.2, 0.25) is 10.0 Å². The predicted molar refractivity (Wildman–Crippen MR) is 82.5 cm³/mol. The van der Waals surface area contributed by atoms with Gasteiger partial charge in [0.15, 0.2) is 0 Å². The normalized spacial score (nSPS) is 15.6. The fraction of sp³-hybridized carbons (Fsp3) is 0.600. The molecular weight excluding hydrogens is 272 g/mol. The van der Waals surface area contributed by atoms with E-state index < -0.39 is 10.0 Å². The van der Waals surface area contributed by atoms with Crippen LogP contribution in [-0.4, -0.2) is 21.5 Å². The first-order valence-electron chi connectivity index (χ1n) is 7.15. The summed E-state index contributed by atoms with van der Waals surface area (Å²) >= 11 is 0. The number of fused-ring (bicyclic) bond motifs is 1. The molecule has 1 aromatic rings. The molecule has 0 aromatic heterocycles. The van der Waals surface area contributed by atoms with Crippen LogP contribution in [0, 0.1) is 5.41 Å². The summed E-state index contributed by atoms with van der Waals surface area (Å²) in [6.07, 6.45) is 2.61. The maximum Gasteiger partial charge on any atom is 0.240 e. The Hall–Kier alpha value is -1.07. The van der Waals surface area contributed by atoms with Gasteiger partial charge in [-0.2, -0.15) is 0 Å². The van der Waals surface area contributed by atoms with Crippen molar-refractivity contribution in [3.63, 3.8) is 0 Å². The lowest BCUT2D eigenvalue weighted by atomic mass is 9.93. The molecule has 1 heterocycles. The molecular formula is C15H24N2O2S. The summed E-state index contributed by atoms with van der Waals surface area (Å²) in [5.41, 5.74) is 2.00. The second-order valence-electron chi connectivity index (χ2n) is 6.52. The minimum absolute atomic E-state index is 0.125. The molecule has 2 rings (SSSR count).